The van der Waals surface area contributed by atoms with Crippen LogP contribution in [-0.2, 0) is 9.53 Å². The molecule has 2 aliphatic rings. The Labute approximate surface area is 116 Å². The summed E-state index contributed by atoms with van der Waals surface area (Å²) in [4.78, 5) is 24.2. The molecule has 1 saturated carbocycles. The minimum Gasteiger partial charge on any atom is -0.480 e. The Morgan fingerprint density at radius 2 is 2.11 bits per heavy atom. The fourth-order valence-electron chi connectivity index (χ4n) is 2.39. The van der Waals surface area contributed by atoms with Crippen molar-refractivity contribution in [2.45, 2.75) is 37.8 Å². The number of nitrogens with zero attached hydrogens (tertiary/aromatic N) is 1. The summed E-state index contributed by atoms with van der Waals surface area (Å²) in [6.07, 6.45) is 5.01. The number of hydrogen-bond acceptors (Lipinski definition) is 4. The van der Waals surface area contributed by atoms with Gasteiger partial charge in [-0.3, -0.25) is 0 Å². The van der Waals surface area contributed by atoms with E-state index in [4.69, 9.17) is 9.84 Å². The predicted octanol–water partition coefficient (Wildman–Crippen LogP) is 1.11. The quantitative estimate of drug-likeness (QED) is 0.741. The van der Waals surface area contributed by atoms with E-state index >= 15 is 0 Å². The van der Waals surface area contributed by atoms with E-state index in [-0.39, 0.29) is 6.03 Å². The molecule has 19 heavy (non-hydrogen) atoms. The van der Waals surface area contributed by atoms with Gasteiger partial charge in [0.25, 0.3) is 0 Å². The highest BCUT2D eigenvalue weighted by atomic mass is 32.2. The van der Waals surface area contributed by atoms with Crippen molar-refractivity contribution in [3.05, 3.63) is 0 Å². The Hall–Kier alpha value is -0.950. The first-order valence-corrected chi connectivity index (χ1v) is 7.80. The van der Waals surface area contributed by atoms with Gasteiger partial charge in [-0.15, -0.1) is 11.8 Å². The van der Waals surface area contributed by atoms with Crippen molar-refractivity contribution in [1.29, 1.82) is 0 Å². The summed E-state index contributed by atoms with van der Waals surface area (Å²) < 4.78 is 5.64. The van der Waals surface area contributed by atoms with Gasteiger partial charge in [-0.25, -0.2) is 9.59 Å². The molecule has 0 aromatic heterocycles. The number of aliphatic carboxylic acids is 1. The first-order valence-electron chi connectivity index (χ1n) is 6.65. The molecule has 0 spiro atoms. The van der Waals surface area contributed by atoms with Crippen LogP contribution in [0.25, 0.3) is 0 Å². The highest BCUT2D eigenvalue weighted by molar-refractivity contribution is 7.99. The number of hydrogen-bond donors (Lipinski definition) is 2. The van der Waals surface area contributed by atoms with E-state index in [2.05, 4.69) is 5.32 Å². The van der Waals surface area contributed by atoms with E-state index in [1.165, 1.54) is 29.5 Å². The van der Waals surface area contributed by atoms with Gasteiger partial charge in [0, 0.05) is 12.3 Å². The maximum atomic E-state index is 11.8. The van der Waals surface area contributed by atoms with Gasteiger partial charge in [-0.05, 0) is 12.8 Å². The number of carbonyl (C=O) groups excluding carboxylic acids is 1. The Balaban J connectivity index is 1.64. The van der Waals surface area contributed by atoms with Crippen molar-refractivity contribution in [3.8, 4) is 0 Å². The maximum Gasteiger partial charge on any atom is 0.327 e. The first-order chi connectivity index (χ1) is 9.18. The largest absolute Gasteiger partial charge is 0.480 e. The van der Waals surface area contributed by atoms with Crippen molar-refractivity contribution < 1.29 is 19.4 Å². The van der Waals surface area contributed by atoms with Crippen LogP contribution in [0.5, 0.6) is 0 Å². The molecule has 1 aliphatic carbocycles. The fourth-order valence-corrected chi connectivity index (χ4v) is 3.53. The zero-order valence-corrected chi connectivity index (χ0v) is 11.7. The SMILES string of the molecule is O=C(O)[C@@H]1CSCN1C(=O)NCCOC1CCCC1. The highest BCUT2D eigenvalue weighted by Gasteiger charge is 2.34. The Morgan fingerprint density at radius 1 is 1.37 bits per heavy atom. The standard InChI is InChI=1S/C12H20N2O4S/c15-11(16)10-7-19-8-14(10)12(17)13-5-6-18-9-3-1-2-4-9/h9-10H,1-8H2,(H,13,17)(H,15,16)/t10-/m0/s1. The summed E-state index contributed by atoms with van der Waals surface area (Å²) in [5, 5.41) is 11.7. The molecule has 0 aromatic rings. The van der Waals surface area contributed by atoms with Crippen molar-refractivity contribution in [3.63, 3.8) is 0 Å². The molecule has 1 atom stereocenters. The number of carbonyl (C=O) groups is 2. The number of ether oxygens (including phenoxy) is 1. The smallest absolute Gasteiger partial charge is 0.327 e. The average Bonchev–Trinajstić information content (AvgIpc) is 3.04. The Bertz CT molecular complexity index is 334. The Kier molecular flexibility index (Phi) is 5.33. The van der Waals surface area contributed by atoms with Crippen molar-refractivity contribution in [2.24, 2.45) is 0 Å². The summed E-state index contributed by atoms with van der Waals surface area (Å²) in [5.74, 6) is -0.0458. The number of nitrogens with one attached hydrogen (secondary N) is 1. The summed E-state index contributed by atoms with van der Waals surface area (Å²) >= 11 is 1.46. The van der Waals surface area contributed by atoms with Gasteiger partial charge in [-0.1, -0.05) is 12.8 Å². The molecule has 0 bridgehead atoms. The number of rotatable bonds is 5. The summed E-state index contributed by atoms with van der Waals surface area (Å²) in [6, 6.07) is -1.02. The molecule has 2 rings (SSSR count). The van der Waals surface area contributed by atoms with Gasteiger partial charge in [0.1, 0.15) is 6.04 Å². The highest BCUT2D eigenvalue weighted by Crippen LogP contribution is 2.21. The molecule has 0 unspecified atom stereocenters. The van der Waals surface area contributed by atoms with Crippen LogP contribution in [0.2, 0.25) is 0 Å². The van der Waals surface area contributed by atoms with E-state index in [0.717, 1.165) is 12.8 Å². The number of amides is 2. The zero-order valence-electron chi connectivity index (χ0n) is 10.8. The summed E-state index contributed by atoms with van der Waals surface area (Å²) in [7, 11) is 0. The van der Waals surface area contributed by atoms with Crippen LogP contribution in [0.1, 0.15) is 25.7 Å². The van der Waals surface area contributed by atoms with Crippen LogP contribution < -0.4 is 5.32 Å². The molecular formula is C12H20N2O4S. The molecule has 2 N–H and O–H groups in total. The molecule has 1 heterocycles. The Morgan fingerprint density at radius 3 is 2.79 bits per heavy atom. The predicted molar refractivity (Wildman–Crippen MR) is 72.2 cm³/mol. The lowest BCUT2D eigenvalue weighted by Crippen LogP contribution is -2.47. The molecule has 2 amide bonds. The monoisotopic (exact) mass is 288 g/mol. The molecule has 108 valence electrons. The minimum absolute atomic E-state index is 0.313. The molecule has 0 radical (unpaired) electrons. The second-order valence-corrected chi connectivity index (χ2v) is 5.83. The second kappa shape index (κ2) is 7.00. The molecule has 7 heteroatoms. The van der Waals surface area contributed by atoms with E-state index in [9.17, 15) is 9.59 Å². The van der Waals surface area contributed by atoms with Crippen LogP contribution >= 0.6 is 11.8 Å². The van der Waals surface area contributed by atoms with E-state index < -0.39 is 12.0 Å². The van der Waals surface area contributed by atoms with Crippen LogP contribution in [0.4, 0.5) is 4.79 Å². The lowest BCUT2D eigenvalue weighted by molar-refractivity contribution is -0.140. The lowest BCUT2D eigenvalue weighted by Gasteiger charge is -2.21. The van der Waals surface area contributed by atoms with E-state index in [1.807, 2.05) is 0 Å². The fraction of sp³-hybridized carbons (Fsp3) is 0.833. The molecule has 6 nitrogen and oxygen atoms in total. The summed E-state index contributed by atoms with van der Waals surface area (Å²) in [5.41, 5.74) is 0. The molecule has 1 saturated heterocycles. The van der Waals surface area contributed by atoms with Gasteiger partial charge in [0.2, 0.25) is 0 Å². The maximum absolute atomic E-state index is 11.8. The third kappa shape index (κ3) is 4.01. The van der Waals surface area contributed by atoms with Gasteiger partial charge >= 0.3 is 12.0 Å². The van der Waals surface area contributed by atoms with E-state index in [0.29, 0.717) is 30.9 Å². The van der Waals surface area contributed by atoms with Crippen molar-refractivity contribution >= 4 is 23.8 Å². The number of thioether (sulfide) groups is 1. The number of urea groups is 1. The average molecular weight is 288 g/mol. The van der Waals surface area contributed by atoms with Gasteiger partial charge in [0.05, 0.1) is 18.6 Å². The second-order valence-electron chi connectivity index (χ2n) is 4.83. The zero-order chi connectivity index (χ0) is 13.7. The minimum atomic E-state index is -0.942. The topological polar surface area (TPSA) is 78.9 Å². The molecule has 1 aliphatic heterocycles. The van der Waals surface area contributed by atoms with Crippen molar-refractivity contribution in [1.82, 2.24) is 10.2 Å². The van der Waals surface area contributed by atoms with Crippen LogP contribution in [0, 0.1) is 0 Å². The molecule has 0 aromatic carbocycles. The van der Waals surface area contributed by atoms with Crippen LogP contribution in [-0.4, -0.2) is 58.9 Å². The third-order valence-electron chi connectivity index (χ3n) is 3.46. The van der Waals surface area contributed by atoms with E-state index in [1.54, 1.807) is 0 Å². The lowest BCUT2D eigenvalue weighted by atomic mass is 10.3. The van der Waals surface area contributed by atoms with Gasteiger partial charge in [-0.2, -0.15) is 0 Å². The van der Waals surface area contributed by atoms with Crippen molar-refractivity contribution in [2.75, 3.05) is 24.8 Å². The molecular weight excluding hydrogens is 268 g/mol. The number of carboxylic acid groups (broad SMARTS) is 1. The van der Waals surface area contributed by atoms with Gasteiger partial charge in [0.15, 0.2) is 0 Å². The number of carboxylic acids is 1. The summed E-state index contributed by atoms with van der Waals surface area (Å²) in [6.45, 7) is 0.929. The first kappa shape index (κ1) is 14.5. The molecule has 2 fully saturated rings. The third-order valence-corrected chi connectivity index (χ3v) is 4.47. The normalized spacial score (nSPS) is 23.8. The van der Waals surface area contributed by atoms with Gasteiger partial charge < -0.3 is 20.1 Å². The van der Waals surface area contributed by atoms with Crippen LogP contribution in [0.15, 0.2) is 0 Å². The van der Waals surface area contributed by atoms with Crippen LogP contribution in [0.3, 0.4) is 0 Å².